The van der Waals surface area contributed by atoms with E-state index in [1.807, 2.05) is 26.8 Å². The van der Waals surface area contributed by atoms with E-state index in [9.17, 15) is 9.90 Å². The number of carbonyl (C=O) groups is 1. The second kappa shape index (κ2) is 6.22. The molecular formula is C15H22O3Zr. The van der Waals surface area contributed by atoms with E-state index in [0.29, 0.717) is 5.75 Å². The van der Waals surface area contributed by atoms with Gasteiger partial charge in [0.05, 0.1) is 0 Å². The summed E-state index contributed by atoms with van der Waals surface area (Å²) in [6.07, 6.45) is 0. The van der Waals surface area contributed by atoms with Crippen LogP contribution in [-0.2, 0) is 31.6 Å². The molecular weight excluding hydrogens is 319 g/mol. The predicted molar refractivity (Wildman–Crippen MR) is 72.5 cm³/mol. The molecule has 0 aromatic heterocycles. The van der Waals surface area contributed by atoms with Gasteiger partial charge in [-0.05, 0) is 43.9 Å². The maximum Gasteiger partial charge on any atom is 0.339 e. The molecule has 1 aromatic rings. The quantitative estimate of drug-likeness (QED) is 0.888. The van der Waals surface area contributed by atoms with E-state index in [1.54, 1.807) is 12.1 Å². The minimum Gasteiger partial charge on any atom is -0.487 e. The number of carboxylic acid groups (broad SMARTS) is 1. The normalized spacial score (nSPS) is 11.7. The molecule has 0 amide bonds. The summed E-state index contributed by atoms with van der Waals surface area (Å²) < 4.78 is 5.68. The molecule has 0 bridgehead atoms. The molecule has 4 heteroatoms. The van der Waals surface area contributed by atoms with Crippen LogP contribution in [0.2, 0.25) is 0 Å². The molecule has 0 aliphatic heterocycles. The van der Waals surface area contributed by atoms with Gasteiger partial charge < -0.3 is 9.84 Å². The molecule has 0 saturated heterocycles. The summed E-state index contributed by atoms with van der Waals surface area (Å²) in [6.45, 7) is 11.9. The summed E-state index contributed by atoms with van der Waals surface area (Å²) >= 11 is 0. The summed E-state index contributed by atoms with van der Waals surface area (Å²) in [5, 5.41) is 9.27. The van der Waals surface area contributed by atoms with E-state index in [-0.39, 0.29) is 37.2 Å². The second-order valence-electron chi connectivity index (χ2n) is 6.48. The standard InChI is InChI=1S/C15H22O3.Zr/c1-14(2,3)10-7-8-12(18-15(4,5)6)11(9-10)13(16)17;/h7-9H,1-6H3,(H,16,17);. The zero-order valence-electron chi connectivity index (χ0n) is 12.5. The Morgan fingerprint density at radius 3 is 2.00 bits per heavy atom. The van der Waals surface area contributed by atoms with E-state index >= 15 is 0 Å². The van der Waals surface area contributed by atoms with Crippen molar-refractivity contribution in [1.82, 2.24) is 0 Å². The first-order valence-corrected chi connectivity index (χ1v) is 6.07. The van der Waals surface area contributed by atoms with Gasteiger partial charge >= 0.3 is 5.97 Å². The molecule has 1 rings (SSSR count). The largest absolute Gasteiger partial charge is 0.487 e. The van der Waals surface area contributed by atoms with Crippen LogP contribution in [0.5, 0.6) is 5.75 Å². The van der Waals surface area contributed by atoms with Crippen LogP contribution in [-0.4, -0.2) is 16.7 Å². The predicted octanol–water partition coefficient (Wildman–Crippen LogP) is 3.86. The molecule has 0 radical (unpaired) electrons. The van der Waals surface area contributed by atoms with Crippen LogP contribution in [0.3, 0.4) is 0 Å². The van der Waals surface area contributed by atoms with Crippen LogP contribution in [0.25, 0.3) is 0 Å². The Labute approximate surface area is 134 Å². The van der Waals surface area contributed by atoms with Gasteiger partial charge in [0.2, 0.25) is 0 Å². The Hall–Kier alpha value is -0.627. The van der Waals surface area contributed by atoms with Gasteiger partial charge in [-0.3, -0.25) is 0 Å². The van der Waals surface area contributed by atoms with Crippen molar-refractivity contribution in [2.75, 3.05) is 0 Å². The van der Waals surface area contributed by atoms with Crippen molar-refractivity contribution < 1.29 is 40.8 Å². The minimum atomic E-state index is -0.958. The van der Waals surface area contributed by atoms with E-state index in [2.05, 4.69) is 20.8 Å². The van der Waals surface area contributed by atoms with Gasteiger partial charge in [0.15, 0.2) is 0 Å². The average Bonchev–Trinajstić information content (AvgIpc) is 2.13. The van der Waals surface area contributed by atoms with Crippen LogP contribution in [0, 0.1) is 0 Å². The van der Waals surface area contributed by atoms with Gasteiger partial charge in [0.1, 0.15) is 16.9 Å². The Kier molecular flexibility index (Phi) is 6.01. The third kappa shape index (κ3) is 5.48. The average molecular weight is 342 g/mol. The zero-order chi connectivity index (χ0) is 14.1. The summed E-state index contributed by atoms with van der Waals surface area (Å²) in [5.74, 6) is -0.539. The van der Waals surface area contributed by atoms with Crippen molar-refractivity contribution in [3.63, 3.8) is 0 Å². The second-order valence-corrected chi connectivity index (χ2v) is 6.48. The molecule has 0 fully saturated rings. The molecule has 104 valence electrons. The summed E-state index contributed by atoms with van der Waals surface area (Å²) in [4.78, 5) is 11.3. The van der Waals surface area contributed by atoms with Crippen LogP contribution >= 0.6 is 0 Å². The topological polar surface area (TPSA) is 46.5 Å². The third-order valence-corrected chi connectivity index (χ3v) is 2.49. The molecule has 0 unspecified atom stereocenters. The van der Waals surface area contributed by atoms with E-state index in [1.165, 1.54) is 0 Å². The van der Waals surface area contributed by atoms with Gasteiger partial charge in [0.25, 0.3) is 0 Å². The third-order valence-electron chi connectivity index (χ3n) is 2.49. The molecule has 0 spiro atoms. The minimum absolute atomic E-state index is 0. The van der Waals surface area contributed by atoms with Crippen molar-refractivity contribution in [3.8, 4) is 5.75 Å². The first-order chi connectivity index (χ1) is 8.00. The fourth-order valence-electron chi connectivity index (χ4n) is 1.58. The number of ether oxygens (including phenoxy) is 1. The number of carboxylic acids is 1. The van der Waals surface area contributed by atoms with Crippen LogP contribution in [0.1, 0.15) is 57.5 Å². The van der Waals surface area contributed by atoms with Gasteiger partial charge in [0, 0.05) is 26.2 Å². The molecule has 0 aliphatic rings. The molecule has 0 saturated carbocycles. The Balaban J connectivity index is 0.00000324. The number of hydrogen-bond donors (Lipinski definition) is 1. The molecule has 0 atom stereocenters. The fourth-order valence-corrected chi connectivity index (χ4v) is 1.58. The fraction of sp³-hybridized carbons (Fsp3) is 0.533. The maximum absolute atomic E-state index is 11.3. The Bertz CT molecular complexity index is 453. The molecule has 3 nitrogen and oxygen atoms in total. The van der Waals surface area contributed by atoms with Crippen LogP contribution < -0.4 is 4.74 Å². The van der Waals surface area contributed by atoms with E-state index < -0.39 is 11.6 Å². The summed E-state index contributed by atoms with van der Waals surface area (Å²) in [7, 11) is 0. The van der Waals surface area contributed by atoms with Gasteiger partial charge in [-0.1, -0.05) is 26.8 Å². The molecule has 1 aromatic carbocycles. The number of hydrogen-bond acceptors (Lipinski definition) is 2. The van der Waals surface area contributed by atoms with Crippen LogP contribution in [0.4, 0.5) is 0 Å². The van der Waals surface area contributed by atoms with Crippen molar-refractivity contribution >= 4 is 5.97 Å². The van der Waals surface area contributed by atoms with Crippen molar-refractivity contribution in [3.05, 3.63) is 29.3 Å². The number of benzene rings is 1. The first-order valence-electron chi connectivity index (χ1n) is 6.07. The van der Waals surface area contributed by atoms with Crippen LogP contribution in [0.15, 0.2) is 18.2 Å². The number of rotatable bonds is 2. The summed E-state index contributed by atoms with van der Waals surface area (Å²) in [5.41, 5.74) is 0.719. The summed E-state index contributed by atoms with van der Waals surface area (Å²) in [6, 6.07) is 5.37. The number of aromatic carboxylic acids is 1. The van der Waals surface area contributed by atoms with Gasteiger partial charge in [-0.2, -0.15) is 0 Å². The first kappa shape index (κ1) is 18.4. The molecule has 19 heavy (non-hydrogen) atoms. The zero-order valence-corrected chi connectivity index (χ0v) is 15.0. The van der Waals surface area contributed by atoms with Crippen molar-refractivity contribution in [2.45, 2.75) is 52.6 Å². The van der Waals surface area contributed by atoms with E-state index in [4.69, 9.17) is 4.74 Å². The SMILES string of the molecule is CC(C)(C)Oc1ccc(C(C)(C)C)cc1C(=O)O.[Zr]. The Morgan fingerprint density at radius 1 is 1.11 bits per heavy atom. The molecule has 0 heterocycles. The smallest absolute Gasteiger partial charge is 0.339 e. The molecule has 0 aliphatic carbocycles. The molecule has 1 N–H and O–H groups in total. The Morgan fingerprint density at radius 2 is 1.63 bits per heavy atom. The van der Waals surface area contributed by atoms with Gasteiger partial charge in [-0.25, -0.2) is 4.79 Å². The van der Waals surface area contributed by atoms with Crippen molar-refractivity contribution in [1.29, 1.82) is 0 Å². The van der Waals surface area contributed by atoms with Gasteiger partial charge in [-0.15, -0.1) is 0 Å². The van der Waals surface area contributed by atoms with Crippen molar-refractivity contribution in [2.24, 2.45) is 0 Å². The maximum atomic E-state index is 11.3. The van der Waals surface area contributed by atoms with E-state index in [0.717, 1.165) is 5.56 Å². The monoisotopic (exact) mass is 340 g/mol.